The van der Waals surface area contributed by atoms with Gasteiger partial charge in [-0.3, -0.25) is 9.59 Å². The second-order valence-corrected chi connectivity index (χ2v) is 7.71. The van der Waals surface area contributed by atoms with E-state index in [4.69, 9.17) is 4.98 Å². The monoisotopic (exact) mass is 427 g/mol. The van der Waals surface area contributed by atoms with Gasteiger partial charge in [0.2, 0.25) is 5.91 Å². The Morgan fingerprint density at radius 3 is 2.65 bits per heavy atom. The maximum Gasteiger partial charge on any atom is 0.307 e. The normalized spacial score (nSPS) is 13.4. The van der Waals surface area contributed by atoms with Gasteiger partial charge >= 0.3 is 5.97 Å². The number of fused-ring (bicyclic) bond motifs is 1. The van der Waals surface area contributed by atoms with E-state index >= 15 is 0 Å². The number of carbonyl (C=O) groups excluding carboxylic acids is 2. The highest BCUT2D eigenvalue weighted by atomic mass is 19.2. The summed E-state index contributed by atoms with van der Waals surface area (Å²) >= 11 is 0. The van der Waals surface area contributed by atoms with Gasteiger partial charge in [-0.25, -0.2) is 13.8 Å². The Morgan fingerprint density at radius 2 is 1.94 bits per heavy atom. The minimum Gasteiger partial charge on any atom is -0.469 e. The molecule has 2 aromatic carbocycles. The molecule has 1 amide bonds. The molecule has 3 aromatic rings. The SMILES string of the molecule is COC(=O)CCN(Cc1ccc(F)c(F)c1)C(=O)Cn1c(C2CC2)nc2ccccc21. The van der Waals surface area contributed by atoms with Crippen LogP contribution < -0.4 is 0 Å². The third kappa shape index (κ3) is 4.73. The predicted octanol–water partition coefficient (Wildman–Crippen LogP) is 3.78. The first kappa shape index (κ1) is 21.0. The first-order valence-corrected chi connectivity index (χ1v) is 10.2. The summed E-state index contributed by atoms with van der Waals surface area (Å²) < 4.78 is 33.6. The maximum absolute atomic E-state index is 13.7. The molecule has 1 fully saturated rings. The fourth-order valence-corrected chi connectivity index (χ4v) is 3.63. The van der Waals surface area contributed by atoms with Crippen LogP contribution in [-0.4, -0.2) is 40.0 Å². The van der Waals surface area contributed by atoms with Crippen LogP contribution in [-0.2, 0) is 27.4 Å². The van der Waals surface area contributed by atoms with Gasteiger partial charge in [0.25, 0.3) is 0 Å². The van der Waals surface area contributed by atoms with E-state index in [9.17, 15) is 18.4 Å². The van der Waals surface area contributed by atoms with Crippen molar-refractivity contribution < 1.29 is 23.1 Å². The molecule has 0 aliphatic heterocycles. The molecule has 8 heteroatoms. The van der Waals surface area contributed by atoms with E-state index in [2.05, 4.69) is 4.74 Å². The van der Waals surface area contributed by atoms with Crippen molar-refractivity contribution in [1.82, 2.24) is 14.5 Å². The number of aromatic nitrogens is 2. The van der Waals surface area contributed by atoms with Crippen molar-refractivity contribution in [1.29, 1.82) is 0 Å². The highest BCUT2D eigenvalue weighted by molar-refractivity contribution is 5.82. The van der Waals surface area contributed by atoms with Crippen LogP contribution in [0.5, 0.6) is 0 Å². The molecule has 4 rings (SSSR count). The zero-order valence-corrected chi connectivity index (χ0v) is 17.2. The molecule has 31 heavy (non-hydrogen) atoms. The fourth-order valence-electron chi connectivity index (χ4n) is 3.63. The summed E-state index contributed by atoms with van der Waals surface area (Å²) in [6.45, 7) is 0.214. The Kier molecular flexibility index (Phi) is 5.97. The number of rotatable bonds is 8. The topological polar surface area (TPSA) is 64.4 Å². The Morgan fingerprint density at radius 1 is 1.16 bits per heavy atom. The Bertz CT molecular complexity index is 1120. The summed E-state index contributed by atoms with van der Waals surface area (Å²) in [6.07, 6.45) is 2.09. The first-order chi connectivity index (χ1) is 15.0. The third-order valence-corrected chi connectivity index (χ3v) is 5.44. The van der Waals surface area contributed by atoms with Gasteiger partial charge in [0, 0.05) is 19.0 Å². The molecule has 6 nitrogen and oxygen atoms in total. The molecule has 0 spiro atoms. The van der Waals surface area contributed by atoms with Crippen molar-refractivity contribution in [2.45, 2.75) is 38.3 Å². The van der Waals surface area contributed by atoms with Gasteiger partial charge in [-0.15, -0.1) is 0 Å². The van der Waals surface area contributed by atoms with E-state index in [1.807, 2.05) is 28.8 Å². The molecule has 1 aromatic heterocycles. The van der Waals surface area contributed by atoms with Crippen LogP contribution in [0.3, 0.4) is 0 Å². The van der Waals surface area contributed by atoms with Crippen LogP contribution in [0.4, 0.5) is 8.78 Å². The number of para-hydroxylation sites is 2. The number of benzene rings is 2. The van der Waals surface area contributed by atoms with Crippen LogP contribution in [0.2, 0.25) is 0 Å². The van der Waals surface area contributed by atoms with Gasteiger partial charge in [0.15, 0.2) is 11.6 Å². The molecule has 0 bridgehead atoms. The highest BCUT2D eigenvalue weighted by Gasteiger charge is 2.30. The van der Waals surface area contributed by atoms with Crippen LogP contribution in [0.15, 0.2) is 42.5 Å². The highest BCUT2D eigenvalue weighted by Crippen LogP contribution is 2.40. The van der Waals surface area contributed by atoms with E-state index in [1.54, 1.807) is 0 Å². The van der Waals surface area contributed by atoms with Crippen LogP contribution in [0.25, 0.3) is 11.0 Å². The number of ether oxygens (including phenoxy) is 1. The quantitative estimate of drug-likeness (QED) is 0.513. The molecule has 0 radical (unpaired) electrons. The van der Waals surface area contributed by atoms with E-state index in [-0.39, 0.29) is 32.0 Å². The number of hydrogen-bond acceptors (Lipinski definition) is 4. The molecule has 1 aliphatic rings. The van der Waals surface area contributed by atoms with Crippen molar-refractivity contribution in [3.8, 4) is 0 Å². The smallest absolute Gasteiger partial charge is 0.307 e. The van der Waals surface area contributed by atoms with E-state index in [0.717, 1.165) is 41.8 Å². The number of nitrogens with zero attached hydrogens (tertiary/aromatic N) is 3. The number of amides is 1. The molecule has 0 saturated heterocycles. The second-order valence-electron chi connectivity index (χ2n) is 7.71. The molecule has 162 valence electrons. The van der Waals surface area contributed by atoms with Crippen molar-refractivity contribution >= 4 is 22.9 Å². The number of carbonyl (C=O) groups is 2. The predicted molar refractivity (Wildman–Crippen MR) is 110 cm³/mol. The number of methoxy groups -OCH3 is 1. The van der Waals surface area contributed by atoms with E-state index in [0.29, 0.717) is 11.5 Å². The minimum absolute atomic E-state index is 0.00603. The van der Waals surface area contributed by atoms with Crippen LogP contribution >= 0.6 is 0 Å². The van der Waals surface area contributed by atoms with Crippen molar-refractivity contribution in [3.05, 3.63) is 65.5 Å². The Hall–Kier alpha value is -3.29. The zero-order valence-electron chi connectivity index (χ0n) is 17.2. The maximum atomic E-state index is 13.7. The lowest BCUT2D eigenvalue weighted by Crippen LogP contribution is -2.35. The molecule has 1 heterocycles. The Balaban J connectivity index is 1.59. The zero-order chi connectivity index (χ0) is 22.0. The number of esters is 1. The average Bonchev–Trinajstić information content (AvgIpc) is 3.55. The van der Waals surface area contributed by atoms with Crippen molar-refractivity contribution in [3.63, 3.8) is 0 Å². The summed E-state index contributed by atoms with van der Waals surface area (Å²) in [7, 11) is 1.28. The second kappa shape index (κ2) is 8.83. The standard InChI is InChI=1S/C23H23F2N3O3/c1-31-22(30)10-11-27(13-15-6-9-17(24)18(25)12-15)21(29)14-28-20-5-3-2-4-19(20)26-23(28)16-7-8-16/h2-6,9,12,16H,7-8,10-11,13-14H2,1H3. The molecular weight excluding hydrogens is 404 g/mol. The van der Waals surface area contributed by atoms with E-state index in [1.165, 1.54) is 18.1 Å². The molecular formula is C23H23F2N3O3. The lowest BCUT2D eigenvalue weighted by molar-refractivity contribution is -0.142. The molecule has 1 saturated carbocycles. The van der Waals surface area contributed by atoms with Gasteiger partial charge in [-0.05, 0) is 42.7 Å². The van der Waals surface area contributed by atoms with Crippen LogP contribution in [0, 0.1) is 11.6 Å². The van der Waals surface area contributed by atoms with Crippen molar-refractivity contribution in [2.24, 2.45) is 0 Å². The van der Waals surface area contributed by atoms with Gasteiger partial charge in [0.1, 0.15) is 12.4 Å². The number of imidazole rings is 1. The van der Waals surface area contributed by atoms with E-state index < -0.39 is 17.6 Å². The Labute approximate surface area is 178 Å². The first-order valence-electron chi connectivity index (χ1n) is 10.2. The molecule has 0 N–H and O–H groups in total. The molecule has 1 aliphatic carbocycles. The summed E-state index contributed by atoms with van der Waals surface area (Å²) in [5, 5.41) is 0. The van der Waals surface area contributed by atoms with Gasteiger partial charge in [-0.2, -0.15) is 0 Å². The summed E-state index contributed by atoms with van der Waals surface area (Å²) in [5.41, 5.74) is 2.15. The lowest BCUT2D eigenvalue weighted by atomic mass is 10.2. The van der Waals surface area contributed by atoms with Crippen molar-refractivity contribution in [2.75, 3.05) is 13.7 Å². The third-order valence-electron chi connectivity index (χ3n) is 5.44. The van der Waals surface area contributed by atoms with Crippen LogP contribution in [0.1, 0.15) is 36.6 Å². The minimum atomic E-state index is -0.977. The molecule has 0 unspecified atom stereocenters. The average molecular weight is 427 g/mol. The summed E-state index contributed by atoms with van der Waals surface area (Å²) in [4.78, 5) is 31.1. The number of halogens is 2. The molecule has 0 atom stereocenters. The largest absolute Gasteiger partial charge is 0.469 e. The summed E-state index contributed by atoms with van der Waals surface area (Å²) in [5.74, 6) is -1.39. The fraction of sp³-hybridized carbons (Fsp3) is 0.348. The van der Waals surface area contributed by atoms with Gasteiger partial charge in [-0.1, -0.05) is 18.2 Å². The number of hydrogen-bond donors (Lipinski definition) is 0. The summed E-state index contributed by atoms with van der Waals surface area (Å²) in [6, 6.07) is 11.2. The van der Waals surface area contributed by atoms with Gasteiger partial charge in [0.05, 0.1) is 24.6 Å². The van der Waals surface area contributed by atoms with Gasteiger partial charge < -0.3 is 14.2 Å². The lowest BCUT2D eigenvalue weighted by Gasteiger charge is -2.23.